The molecule has 0 radical (unpaired) electrons. The smallest absolute Gasteiger partial charge is 0.273 e. The highest BCUT2D eigenvalue weighted by atomic mass is 16.2. The van der Waals surface area contributed by atoms with Gasteiger partial charge in [-0.25, -0.2) is 15.4 Å². The van der Waals surface area contributed by atoms with Crippen LogP contribution in [-0.2, 0) is 19.5 Å². The number of nitrogens with one attached hydrogen (secondary N) is 2. The molecule has 5 aromatic rings. The number of carbonyl (C=O) groups is 2. The third kappa shape index (κ3) is 7.26. The number of benzene rings is 3. The molecule has 3 aromatic carbocycles. The quantitative estimate of drug-likeness (QED) is 0.149. The predicted molar refractivity (Wildman–Crippen MR) is 190 cm³/mol. The second-order valence-electron chi connectivity index (χ2n) is 12.6. The van der Waals surface area contributed by atoms with Crippen LogP contribution in [0.1, 0.15) is 67.9 Å². The van der Waals surface area contributed by atoms with Crippen molar-refractivity contribution in [3.05, 3.63) is 130 Å². The van der Waals surface area contributed by atoms with E-state index in [1.165, 1.54) is 12.0 Å². The van der Waals surface area contributed by atoms with Crippen molar-refractivity contribution in [1.29, 1.82) is 0 Å². The van der Waals surface area contributed by atoms with Gasteiger partial charge < -0.3 is 10.2 Å². The average molecular weight is 638 g/mol. The fraction of sp³-hybridized carbons (Fsp3) is 0.256. The summed E-state index contributed by atoms with van der Waals surface area (Å²) in [6.45, 7) is 6.29. The summed E-state index contributed by atoms with van der Waals surface area (Å²) >= 11 is 0. The molecule has 2 N–H and O–H groups in total. The summed E-state index contributed by atoms with van der Waals surface area (Å²) in [5.41, 5.74) is 11.2. The minimum absolute atomic E-state index is 0.271. The van der Waals surface area contributed by atoms with Crippen molar-refractivity contribution in [2.75, 3.05) is 29.9 Å². The van der Waals surface area contributed by atoms with Crippen molar-refractivity contribution in [2.24, 2.45) is 5.10 Å². The number of fused-ring (bicyclic) bond motifs is 2. The summed E-state index contributed by atoms with van der Waals surface area (Å²) in [4.78, 5) is 41.0. The van der Waals surface area contributed by atoms with Gasteiger partial charge in [-0.3, -0.25) is 14.5 Å². The molecule has 2 aliphatic heterocycles. The lowest BCUT2D eigenvalue weighted by Gasteiger charge is -2.29. The molecule has 9 heteroatoms. The van der Waals surface area contributed by atoms with Crippen molar-refractivity contribution in [3.63, 3.8) is 0 Å². The number of hydrazone groups is 1. The molecule has 2 aliphatic rings. The number of amides is 2. The topological polar surface area (TPSA) is 103 Å². The number of rotatable bonds is 8. The van der Waals surface area contributed by atoms with E-state index in [4.69, 9.17) is 4.98 Å². The van der Waals surface area contributed by atoms with Crippen molar-refractivity contribution in [2.45, 2.75) is 45.7 Å². The molecule has 242 valence electrons. The van der Waals surface area contributed by atoms with E-state index in [2.05, 4.69) is 36.7 Å². The Morgan fingerprint density at radius 2 is 1.75 bits per heavy atom. The van der Waals surface area contributed by atoms with Crippen LogP contribution in [0.4, 0.5) is 11.4 Å². The van der Waals surface area contributed by atoms with E-state index in [-0.39, 0.29) is 11.8 Å². The van der Waals surface area contributed by atoms with Gasteiger partial charge >= 0.3 is 0 Å². The molecule has 7 rings (SSSR count). The van der Waals surface area contributed by atoms with Gasteiger partial charge in [0.05, 0.1) is 17.5 Å². The number of hydrogen-bond donors (Lipinski definition) is 2. The van der Waals surface area contributed by atoms with Gasteiger partial charge in [-0.15, -0.1) is 0 Å². The normalized spacial score (nSPS) is 15.0. The molecule has 0 bridgehead atoms. The molecule has 1 saturated heterocycles. The van der Waals surface area contributed by atoms with Gasteiger partial charge in [-0.05, 0) is 91.4 Å². The number of anilines is 2. The Balaban J connectivity index is 1.06. The number of piperidine rings is 1. The first-order valence-corrected chi connectivity index (χ1v) is 16.6. The van der Waals surface area contributed by atoms with Gasteiger partial charge in [0.15, 0.2) is 5.65 Å². The van der Waals surface area contributed by atoms with E-state index in [1.807, 2.05) is 79.7 Å². The number of aryl methyl sites for hydroxylation is 1. The maximum Gasteiger partial charge on any atom is 0.273 e. The predicted octanol–water partition coefficient (Wildman–Crippen LogP) is 6.50. The molecule has 0 unspecified atom stereocenters. The second kappa shape index (κ2) is 14.1. The van der Waals surface area contributed by atoms with Crippen molar-refractivity contribution in [3.8, 4) is 0 Å². The minimum Gasteiger partial charge on any atom is -0.372 e. The monoisotopic (exact) mass is 637 g/mol. The molecule has 0 aliphatic carbocycles. The van der Waals surface area contributed by atoms with Crippen LogP contribution in [0, 0.1) is 6.92 Å². The molecule has 0 saturated carbocycles. The van der Waals surface area contributed by atoms with Crippen LogP contribution in [0.5, 0.6) is 0 Å². The van der Waals surface area contributed by atoms with Crippen LogP contribution in [-0.4, -0.2) is 52.5 Å². The molecule has 2 amide bonds. The summed E-state index contributed by atoms with van der Waals surface area (Å²) in [7, 11) is 0. The zero-order chi connectivity index (χ0) is 32.9. The zero-order valence-corrected chi connectivity index (χ0v) is 27.2. The maximum absolute atomic E-state index is 13.6. The number of carbonyl (C=O) groups excluding carboxylic acids is 2. The van der Waals surface area contributed by atoms with E-state index in [1.54, 1.807) is 18.5 Å². The number of pyridine rings is 2. The van der Waals surface area contributed by atoms with Crippen LogP contribution in [0.15, 0.2) is 96.2 Å². The molecule has 4 heterocycles. The third-order valence-corrected chi connectivity index (χ3v) is 9.09. The molecule has 9 nitrogen and oxygen atoms in total. The van der Waals surface area contributed by atoms with Crippen LogP contribution >= 0.6 is 0 Å². The van der Waals surface area contributed by atoms with Gasteiger partial charge in [-0.2, -0.15) is 5.10 Å². The molecule has 1 fully saturated rings. The molecule has 2 aromatic heterocycles. The summed E-state index contributed by atoms with van der Waals surface area (Å²) in [5, 5.41) is 8.26. The van der Waals surface area contributed by atoms with E-state index < -0.39 is 0 Å². The van der Waals surface area contributed by atoms with Crippen LogP contribution < -0.4 is 15.6 Å². The van der Waals surface area contributed by atoms with Crippen molar-refractivity contribution in [1.82, 2.24) is 20.3 Å². The maximum atomic E-state index is 13.6. The Hall–Kier alpha value is -5.41. The van der Waals surface area contributed by atoms with Crippen LogP contribution in [0.2, 0.25) is 0 Å². The Bertz CT molecular complexity index is 1980. The first kappa shape index (κ1) is 31.2. The lowest BCUT2D eigenvalue weighted by Crippen LogP contribution is -2.30. The van der Waals surface area contributed by atoms with Crippen molar-refractivity contribution >= 4 is 40.4 Å². The van der Waals surface area contributed by atoms with Gasteiger partial charge in [0, 0.05) is 67.7 Å². The third-order valence-electron chi connectivity index (χ3n) is 9.09. The van der Waals surface area contributed by atoms with Crippen LogP contribution in [0.25, 0.3) is 11.0 Å². The SMILES string of the molecule is Cc1ccc(/C=N/NC(=O)c2cc(N3CCCCC3)ccc2NC(=O)c2cccc(CN3CCc4nc5ncccc5cc4C3)c2)cc1. The highest BCUT2D eigenvalue weighted by Crippen LogP contribution is 2.27. The number of aromatic nitrogens is 2. The lowest BCUT2D eigenvalue weighted by atomic mass is 10.0. The van der Waals surface area contributed by atoms with Gasteiger partial charge in [0.25, 0.3) is 11.8 Å². The zero-order valence-electron chi connectivity index (χ0n) is 27.2. The average Bonchev–Trinajstić information content (AvgIpc) is 3.12. The van der Waals surface area contributed by atoms with E-state index in [0.717, 1.165) is 84.5 Å². The summed E-state index contributed by atoms with van der Waals surface area (Å²) in [6.07, 6.45) is 7.70. The summed E-state index contributed by atoms with van der Waals surface area (Å²) < 4.78 is 0. The van der Waals surface area contributed by atoms with E-state index >= 15 is 0 Å². The lowest BCUT2D eigenvalue weighted by molar-refractivity contribution is 0.0956. The Labute approximate surface area is 280 Å². The number of hydrogen-bond acceptors (Lipinski definition) is 7. The van der Waals surface area contributed by atoms with E-state index in [9.17, 15) is 9.59 Å². The van der Waals surface area contributed by atoms with Gasteiger partial charge in [0.1, 0.15) is 0 Å². The molecule has 48 heavy (non-hydrogen) atoms. The van der Waals surface area contributed by atoms with Gasteiger partial charge in [-0.1, -0.05) is 42.0 Å². The minimum atomic E-state index is -0.385. The Morgan fingerprint density at radius 3 is 2.60 bits per heavy atom. The first-order valence-electron chi connectivity index (χ1n) is 16.6. The van der Waals surface area contributed by atoms with Crippen LogP contribution in [0.3, 0.4) is 0 Å². The standard InChI is InChI=1S/C39H39N7O2/c1-27-10-12-28(13-11-27)24-41-44-39(48)34-23-33(46-18-3-2-4-19-46)14-15-36(34)43-38(47)31-8-5-7-29(21-31)25-45-20-16-35-32(26-45)22-30-9-6-17-40-37(30)42-35/h5-15,17,21-24H,2-4,16,18-20,25-26H2,1H3,(H,43,47)(H,44,48)/b41-24+. The fourth-order valence-electron chi connectivity index (χ4n) is 6.48. The molecule has 0 spiro atoms. The Kier molecular flexibility index (Phi) is 9.20. The summed E-state index contributed by atoms with van der Waals surface area (Å²) in [5.74, 6) is -0.656. The van der Waals surface area contributed by atoms with Gasteiger partial charge in [0.2, 0.25) is 0 Å². The fourth-order valence-corrected chi connectivity index (χ4v) is 6.48. The highest BCUT2D eigenvalue weighted by molar-refractivity contribution is 6.09. The van der Waals surface area contributed by atoms with Crippen molar-refractivity contribution < 1.29 is 9.59 Å². The molecule has 0 atom stereocenters. The summed E-state index contributed by atoms with van der Waals surface area (Å²) in [6, 6.07) is 27.4. The second-order valence-corrected chi connectivity index (χ2v) is 12.6. The molecular weight excluding hydrogens is 598 g/mol. The van der Waals surface area contributed by atoms with E-state index in [0.29, 0.717) is 23.4 Å². The number of nitrogens with zero attached hydrogens (tertiary/aromatic N) is 5. The first-order chi connectivity index (χ1) is 23.5. The highest BCUT2D eigenvalue weighted by Gasteiger charge is 2.21. The Morgan fingerprint density at radius 1 is 0.896 bits per heavy atom. The largest absolute Gasteiger partial charge is 0.372 e. The molecular formula is C39H39N7O2.